The fourth-order valence-corrected chi connectivity index (χ4v) is 4.30. The summed E-state index contributed by atoms with van der Waals surface area (Å²) in [5.41, 5.74) is 0.716. The van der Waals surface area contributed by atoms with E-state index in [0.717, 1.165) is 0 Å². The van der Waals surface area contributed by atoms with Gasteiger partial charge in [-0.15, -0.1) is 6.58 Å². The number of benzene rings is 2. The molecular formula is C19H21ClN2O3S. The van der Waals surface area contributed by atoms with Gasteiger partial charge in [0.1, 0.15) is 4.90 Å². The normalized spacial score (nSPS) is 11.2. The van der Waals surface area contributed by atoms with Gasteiger partial charge >= 0.3 is 0 Å². The highest BCUT2D eigenvalue weighted by molar-refractivity contribution is 7.93. The lowest BCUT2D eigenvalue weighted by Gasteiger charge is -2.24. The largest absolute Gasteiger partial charge is 0.350 e. The number of rotatable bonds is 7. The molecule has 0 aliphatic heterocycles. The van der Waals surface area contributed by atoms with Crippen molar-refractivity contribution in [2.75, 3.05) is 10.8 Å². The van der Waals surface area contributed by atoms with E-state index in [-0.39, 0.29) is 34.0 Å². The highest BCUT2D eigenvalue weighted by Gasteiger charge is 2.27. The van der Waals surface area contributed by atoms with Crippen molar-refractivity contribution < 1.29 is 13.2 Å². The number of anilines is 1. The topological polar surface area (TPSA) is 66.5 Å². The molecule has 0 saturated heterocycles. The maximum atomic E-state index is 13.2. The maximum Gasteiger partial charge on any atom is 0.266 e. The van der Waals surface area contributed by atoms with Crippen molar-refractivity contribution in [3.8, 4) is 0 Å². The Bertz CT molecular complexity index is 896. The molecule has 5 nitrogen and oxygen atoms in total. The fraction of sp³-hybridized carbons (Fsp3) is 0.211. The molecule has 0 radical (unpaired) electrons. The molecule has 2 rings (SSSR count). The van der Waals surface area contributed by atoms with Crippen LogP contribution in [0, 0.1) is 0 Å². The van der Waals surface area contributed by atoms with E-state index in [4.69, 9.17) is 11.6 Å². The zero-order valence-corrected chi connectivity index (χ0v) is 16.2. The van der Waals surface area contributed by atoms with E-state index in [1.165, 1.54) is 28.6 Å². The molecule has 0 saturated carbocycles. The Labute approximate surface area is 159 Å². The first-order valence-electron chi connectivity index (χ1n) is 8.06. The minimum Gasteiger partial charge on any atom is -0.350 e. The second-order valence-corrected chi connectivity index (χ2v) is 8.17. The molecule has 138 valence electrons. The van der Waals surface area contributed by atoms with Gasteiger partial charge in [-0.25, -0.2) is 8.42 Å². The molecule has 0 heterocycles. The van der Waals surface area contributed by atoms with Crippen molar-refractivity contribution in [1.82, 2.24) is 5.32 Å². The second-order valence-electron chi connectivity index (χ2n) is 5.93. The first-order valence-corrected chi connectivity index (χ1v) is 9.88. The molecule has 0 fully saturated rings. The van der Waals surface area contributed by atoms with Crippen LogP contribution in [-0.2, 0) is 10.0 Å². The van der Waals surface area contributed by atoms with Gasteiger partial charge in [-0.3, -0.25) is 9.10 Å². The SMILES string of the molecule is C=CCN(c1ccccc1)S(=O)(=O)c1cc(C(=O)NC(C)C)ccc1Cl. The molecule has 0 spiro atoms. The number of amides is 1. The third kappa shape index (κ3) is 4.45. The van der Waals surface area contributed by atoms with Crippen molar-refractivity contribution >= 4 is 33.2 Å². The first-order chi connectivity index (χ1) is 12.3. The van der Waals surface area contributed by atoms with Gasteiger partial charge in [0.2, 0.25) is 0 Å². The van der Waals surface area contributed by atoms with E-state index in [1.807, 2.05) is 13.8 Å². The van der Waals surface area contributed by atoms with E-state index in [1.54, 1.807) is 30.3 Å². The van der Waals surface area contributed by atoms with Gasteiger partial charge in [0, 0.05) is 11.6 Å². The number of sulfonamides is 1. The van der Waals surface area contributed by atoms with Crippen molar-refractivity contribution in [2.24, 2.45) is 0 Å². The number of nitrogens with zero attached hydrogens (tertiary/aromatic N) is 1. The quantitative estimate of drug-likeness (QED) is 0.727. The molecule has 0 aromatic heterocycles. The standard InChI is InChI=1S/C19H21ClN2O3S/c1-4-12-22(16-8-6-5-7-9-16)26(24,25)18-13-15(10-11-17(18)20)19(23)21-14(2)3/h4-11,13-14H,1,12H2,2-3H3,(H,21,23). The molecule has 0 bridgehead atoms. The fourth-order valence-electron chi connectivity index (χ4n) is 2.36. The Balaban J connectivity index is 2.53. The Morgan fingerprint density at radius 3 is 2.46 bits per heavy atom. The Hall–Kier alpha value is -2.31. The predicted molar refractivity (Wildman–Crippen MR) is 105 cm³/mol. The molecule has 1 N–H and O–H groups in total. The molecule has 26 heavy (non-hydrogen) atoms. The van der Waals surface area contributed by atoms with Crippen molar-refractivity contribution in [2.45, 2.75) is 24.8 Å². The van der Waals surface area contributed by atoms with Gasteiger partial charge in [-0.05, 0) is 44.2 Å². The summed E-state index contributed by atoms with van der Waals surface area (Å²) in [5, 5.41) is 2.79. The highest BCUT2D eigenvalue weighted by Crippen LogP contribution is 2.29. The summed E-state index contributed by atoms with van der Waals surface area (Å²) < 4.78 is 27.6. The number of hydrogen-bond donors (Lipinski definition) is 1. The van der Waals surface area contributed by atoms with Crippen LogP contribution in [0.3, 0.4) is 0 Å². The zero-order valence-electron chi connectivity index (χ0n) is 14.6. The molecule has 2 aromatic rings. The van der Waals surface area contributed by atoms with Crippen LogP contribution in [0.15, 0.2) is 66.1 Å². The first kappa shape index (κ1) is 20.0. The number of nitrogens with one attached hydrogen (secondary N) is 1. The number of para-hydroxylation sites is 1. The maximum absolute atomic E-state index is 13.2. The van der Waals surface area contributed by atoms with Gasteiger partial charge < -0.3 is 5.32 Å². The molecular weight excluding hydrogens is 372 g/mol. The van der Waals surface area contributed by atoms with Gasteiger partial charge in [0.05, 0.1) is 17.3 Å². The summed E-state index contributed by atoms with van der Waals surface area (Å²) in [6.45, 7) is 7.36. The summed E-state index contributed by atoms with van der Waals surface area (Å²) in [5.74, 6) is -0.358. The average molecular weight is 393 g/mol. The lowest BCUT2D eigenvalue weighted by atomic mass is 10.2. The van der Waals surface area contributed by atoms with Gasteiger partial charge in [-0.1, -0.05) is 35.9 Å². The summed E-state index contributed by atoms with van der Waals surface area (Å²) in [4.78, 5) is 12.1. The zero-order chi connectivity index (χ0) is 19.3. The Morgan fingerprint density at radius 1 is 1.23 bits per heavy atom. The van der Waals surface area contributed by atoms with Gasteiger partial charge in [-0.2, -0.15) is 0 Å². The Morgan fingerprint density at radius 2 is 1.88 bits per heavy atom. The van der Waals surface area contributed by atoms with Crippen LogP contribution in [-0.4, -0.2) is 26.9 Å². The molecule has 0 atom stereocenters. The van der Waals surface area contributed by atoms with E-state index in [2.05, 4.69) is 11.9 Å². The van der Waals surface area contributed by atoms with Crippen LogP contribution in [0.2, 0.25) is 5.02 Å². The summed E-state index contributed by atoms with van der Waals surface area (Å²) in [6, 6.07) is 12.8. The summed E-state index contributed by atoms with van der Waals surface area (Å²) in [7, 11) is -3.98. The van der Waals surface area contributed by atoms with Crippen LogP contribution < -0.4 is 9.62 Å². The molecule has 7 heteroatoms. The van der Waals surface area contributed by atoms with Crippen LogP contribution in [0.5, 0.6) is 0 Å². The van der Waals surface area contributed by atoms with E-state index < -0.39 is 10.0 Å². The van der Waals surface area contributed by atoms with Crippen LogP contribution >= 0.6 is 11.6 Å². The van der Waals surface area contributed by atoms with Gasteiger partial charge in [0.25, 0.3) is 15.9 Å². The highest BCUT2D eigenvalue weighted by atomic mass is 35.5. The van der Waals surface area contributed by atoms with Crippen molar-refractivity contribution in [3.05, 3.63) is 71.8 Å². The predicted octanol–water partition coefficient (Wildman–Crippen LogP) is 3.86. The smallest absolute Gasteiger partial charge is 0.266 e. The lowest BCUT2D eigenvalue weighted by molar-refractivity contribution is 0.0943. The van der Waals surface area contributed by atoms with Crippen molar-refractivity contribution in [3.63, 3.8) is 0 Å². The summed E-state index contributed by atoms with van der Waals surface area (Å²) in [6.07, 6.45) is 1.49. The molecule has 0 aliphatic carbocycles. The summed E-state index contributed by atoms with van der Waals surface area (Å²) >= 11 is 6.16. The van der Waals surface area contributed by atoms with Crippen molar-refractivity contribution in [1.29, 1.82) is 0 Å². The van der Waals surface area contributed by atoms with Crippen LogP contribution in [0.1, 0.15) is 24.2 Å². The number of carbonyl (C=O) groups is 1. The monoisotopic (exact) mass is 392 g/mol. The third-order valence-corrected chi connectivity index (χ3v) is 5.80. The average Bonchev–Trinajstić information content (AvgIpc) is 2.59. The Kier molecular flexibility index (Phi) is 6.45. The third-order valence-electron chi connectivity index (χ3n) is 3.52. The van der Waals surface area contributed by atoms with Gasteiger partial charge in [0.15, 0.2) is 0 Å². The lowest BCUT2D eigenvalue weighted by Crippen LogP contribution is -2.32. The van der Waals surface area contributed by atoms with Crippen LogP contribution in [0.25, 0.3) is 0 Å². The minimum absolute atomic E-state index is 0.0519. The molecule has 1 amide bonds. The second kappa shape index (κ2) is 8.38. The number of hydrogen-bond acceptors (Lipinski definition) is 3. The minimum atomic E-state index is -3.98. The van der Waals surface area contributed by atoms with Crippen LogP contribution in [0.4, 0.5) is 5.69 Å². The number of halogens is 1. The molecule has 2 aromatic carbocycles. The van der Waals surface area contributed by atoms with E-state index >= 15 is 0 Å². The molecule has 0 aliphatic rings. The van der Waals surface area contributed by atoms with E-state index in [0.29, 0.717) is 5.69 Å². The van der Waals surface area contributed by atoms with E-state index in [9.17, 15) is 13.2 Å². The molecule has 0 unspecified atom stereocenters. The number of carbonyl (C=O) groups excluding carboxylic acids is 1.